The van der Waals surface area contributed by atoms with Gasteiger partial charge in [0.25, 0.3) is 0 Å². The van der Waals surface area contributed by atoms with Gasteiger partial charge in [-0.05, 0) is 45.7 Å². The van der Waals surface area contributed by atoms with Crippen molar-refractivity contribution in [2.45, 2.75) is 55.5 Å². The molecule has 3 N–H and O–H groups in total. The number of carbonyl (C=O) groups is 1. The van der Waals surface area contributed by atoms with Crippen LogP contribution < -0.4 is 10.6 Å². The summed E-state index contributed by atoms with van der Waals surface area (Å²) in [7, 11) is -5.13. The lowest BCUT2D eigenvalue weighted by molar-refractivity contribution is -0.153. The number of halogens is 4. The lowest BCUT2D eigenvalue weighted by Crippen LogP contribution is -2.46. The maximum Gasteiger partial charge on any atom is 0.408 e. The Morgan fingerprint density at radius 3 is 2.39 bits per heavy atom. The van der Waals surface area contributed by atoms with Gasteiger partial charge in [-0.1, -0.05) is 23.3 Å². The van der Waals surface area contributed by atoms with Gasteiger partial charge in [-0.25, -0.2) is 13.2 Å². The Bertz CT molecular complexity index is 927. The first-order valence-corrected chi connectivity index (χ1v) is 10.1. The molecule has 0 unspecified atom stereocenters. The molecule has 0 aromatic heterocycles. The van der Waals surface area contributed by atoms with Crippen LogP contribution >= 0.6 is 11.6 Å². The minimum absolute atomic E-state index is 0.221. The molecule has 2 rings (SSSR count). The number of allylic oxidation sites excluding steroid dienone is 1. The van der Waals surface area contributed by atoms with Crippen molar-refractivity contribution in [2.75, 3.05) is 5.32 Å². The summed E-state index contributed by atoms with van der Waals surface area (Å²) >= 11 is 5.79. The van der Waals surface area contributed by atoms with Crippen LogP contribution in [0.25, 0.3) is 0 Å². The zero-order valence-corrected chi connectivity index (χ0v) is 16.9. The van der Waals surface area contributed by atoms with E-state index in [1.54, 1.807) is 0 Å². The molecule has 0 heterocycles. The summed E-state index contributed by atoms with van der Waals surface area (Å²) in [5.74, 6) is -1.06. The highest BCUT2D eigenvalue weighted by atomic mass is 35.5. The molecule has 1 aliphatic carbocycles. The molecule has 0 fully saturated rings. The van der Waals surface area contributed by atoms with Gasteiger partial charge in [-0.3, -0.25) is 0 Å². The lowest BCUT2D eigenvalue weighted by atomic mass is 10.2. The molecule has 1 aromatic rings. The number of aromatic hydroxyl groups is 1. The average molecular weight is 441 g/mol. The van der Waals surface area contributed by atoms with Crippen molar-refractivity contribution in [2.24, 2.45) is 0 Å². The summed E-state index contributed by atoms with van der Waals surface area (Å²) in [6.07, 6.45) is -1.69. The highest BCUT2D eigenvalue weighted by Crippen LogP contribution is 2.46. The number of phenolic OH excluding ortho intramolecular Hbond substituents is 1. The van der Waals surface area contributed by atoms with Crippen LogP contribution in [0.1, 0.15) is 33.6 Å². The summed E-state index contributed by atoms with van der Waals surface area (Å²) < 4.78 is 61.8. The third-order valence-corrected chi connectivity index (χ3v) is 7.68. The van der Waals surface area contributed by atoms with E-state index in [0.717, 1.165) is 24.1 Å². The van der Waals surface area contributed by atoms with E-state index in [9.17, 15) is 31.5 Å². The van der Waals surface area contributed by atoms with Crippen LogP contribution in [0.2, 0.25) is 5.02 Å². The molecule has 2 amide bonds. The molecule has 28 heavy (non-hydrogen) atoms. The summed E-state index contributed by atoms with van der Waals surface area (Å²) in [6.45, 7) is 2.78. The molecular weight excluding hydrogens is 421 g/mol. The number of carbonyl (C=O) groups excluding carboxylic acids is 1. The Hall–Kier alpha value is -1.94. The number of benzene rings is 1. The predicted octanol–water partition coefficient (Wildman–Crippen LogP) is 4.39. The fourth-order valence-electron chi connectivity index (χ4n) is 2.66. The summed E-state index contributed by atoms with van der Waals surface area (Å²) in [6, 6.07) is 1.14. The number of alkyl halides is 3. The predicted molar refractivity (Wildman–Crippen MR) is 99.4 cm³/mol. The topological polar surface area (TPSA) is 95.5 Å². The summed E-state index contributed by atoms with van der Waals surface area (Å²) in [4.78, 5) is 11.1. The minimum Gasteiger partial charge on any atom is -0.504 e. The quantitative estimate of drug-likeness (QED) is 0.478. The van der Waals surface area contributed by atoms with Gasteiger partial charge in [-0.15, -0.1) is 0 Å². The summed E-state index contributed by atoms with van der Waals surface area (Å²) in [5.41, 5.74) is 0.573. The third kappa shape index (κ3) is 3.93. The van der Waals surface area contributed by atoms with E-state index in [1.807, 2.05) is 13.0 Å². The van der Waals surface area contributed by atoms with Crippen LogP contribution in [0.5, 0.6) is 5.75 Å². The highest BCUT2D eigenvalue weighted by molar-refractivity contribution is 7.93. The van der Waals surface area contributed by atoms with E-state index >= 15 is 0 Å². The van der Waals surface area contributed by atoms with Gasteiger partial charge < -0.3 is 15.7 Å². The number of anilines is 1. The fraction of sp³-hybridized carbons (Fsp3) is 0.471. The lowest BCUT2D eigenvalue weighted by Gasteiger charge is -2.28. The molecular formula is C17H20ClF3N2O4S. The van der Waals surface area contributed by atoms with Crippen molar-refractivity contribution in [3.05, 3.63) is 28.8 Å². The first kappa shape index (κ1) is 22.4. The van der Waals surface area contributed by atoms with Crippen molar-refractivity contribution in [1.29, 1.82) is 0 Å². The van der Waals surface area contributed by atoms with Crippen molar-refractivity contribution >= 4 is 33.2 Å². The minimum atomic E-state index is -5.13. The Kier molecular flexibility index (Phi) is 5.96. The van der Waals surface area contributed by atoms with Gasteiger partial charge in [0, 0.05) is 0 Å². The van der Waals surface area contributed by atoms with Crippen molar-refractivity contribution in [3.8, 4) is 5.75 Å². The monoisotopic (exact) mass is 440 g/mol. The van der Waals surface area contributed by atoms with Crippen LogP contribution in [0, 0.1) is 0 Å². The van der Waals surface area contributed by atoms with Crippen molar-refractivity contribution < 1.29 is 31.5 Å². The number of hydrogen-bond donors (Lipinski definition) is 3. The molecule has 156 valence electrons. The highest BCUT2D eigenvalue weighted by Gasteiger charge is 2.58. The molecule has 6 nitrogen and oxygen atoms in total. The Labute approximate surface area is 165 Å². The number of urea groups is 1. The Balaban J connectivity index is 2.39. The standard InChI is InChI=1S/C17H20ClF3N2O4S/c1-9-5-4-6-11(9)22-15(25)23-12-8-7-10(18)14(13(12)24)28(26,27)16(2,3)17(19,20)21/h5,7-8,11,24H,4,6H2,1-3H3,(H2,22,23,25)/t11-/m1/s1. The fourth-order valence-corrected chi connectivity index (χ4v) is 4.62. The second kappa shape index (κ2) is 7.47. The van der Waals surface area contributed by atoms with Crippen LogP contribution in [0.4, 0.5) is 23.7 Å². The molecule has 1 aliphatic rings. The molecule has 0 saturated heterocycles. The van der Waals surface area contributed by atoms with E-state index in [4.69, 9.17) is 11.6 Å². The van der Waals surface area contributed by atoms with Crippen LogP contribution in [0.3, 0.4) is 0 Å². The maximum absolute atomic E-state index is 13.3. The molecule has 0 bridgehead atoms. The second-order valence-electron chi connectivity index (χ2n) is 6.96. The molecule has 1 aromatic carbocycles. The maximum atomic E-state index is 13.3. The summed E-state index contributed by atoms with van der Waals surface area (Å²) in [5, 5.41) is 14.6. The third-order valence-electron chi connectivity index (χ3n) is 4.73. The first-order valence-electron chi connectivity index (χ1n) is 8.27. The van der Waals surface area contributed by atoms with Gasteiger partial charge in [0.15, 0.2) is 20.3 Å². The number of amides is 2. The van der Waals surface area contributed by atoms with Crippen molar-refractivity contribution in [3.63, 3.8) is 0 Å². The van der Waals surface area contributed by atoms with Gasteiger partial charge in [0.1, 0.15) is 4.90 Å². The second-order valence-corrected chi connectivity index (χ2v) is 9.80. The van der Waals surface area contributed by atoms with Gasteiger partial charge in [0.2, 0.25) is 0 Å². The van der Waals surface area contributed by atoms with Crippen molar-refractivity contribution in [1.82, 2.24) is 5.32 Å². The first-order chi connectivity index (χ1) is 12.7. The van der Waals surface area contributed by atoms with Gasteiger partial charge in [-0.2, -0.15) is 13.2 Å². The zero-order valence-electron chi connectivity index (χ0n) is 15.3. The average Bonchev–Trinajstić information content (AvgIpc) is 2.93. The van der Waals surface area contributed by atoms with E-state index in [1.165, 1.54) is 0 Å². The molecule has 0 spiro atoms. The smallest absolute Gasteiger partial charge is 0.408 e. The number of sulfone groups is 1. The van der Waals surface area contributed by atoms with E-state index in [2.05, 4.69) is 10.6 Å². The van der Waals surface area contributed by atoms with Gasteiger partial charge in [0.05, 0.1) is 16.8 Å². The number of rotatable bonds is 4. The largest absolute Gasteiger partial charge is 0.504 e. The van der Waals surface area contributed by atoms with Crippen LogP contribution in [-0.4, -0.2) is 36.5 Å². The Morgan fingerprint density at radius 1 is 1.29 bits per heavy atom. The van der Waals surface area contributed by atoms with Crippen LogP contribution in [-0.2, 0) is 9.84 Å². The molecule has 11 heteroatoms. The zero-order chi connectivity index (χ0) is 21.5. The molecule has 0 saturated carbocycles. The molecule has 0 radical (unpaired) electrons. The normalized spacial score (nSPS) is 18.0. The molecule has 0 aliphatic heterocycles. The SMILES string of the molecule is CC1=CCC[C@H]1NC(=O)Nc1ccc(Cl)c(S(=O)(=O)C(C)(C)C(F)(F)F)c1O. The van der Waals surface area contributed by atoms with Gasteiger partial charge >= 0.3 is 12.2 Å². The number of phenols is 1. The number of nitrogens with one attached hydrogen (secondary N) is 2. The Morgan fingerprint density at radius 2 is 1.89 bits per heavy atom. The van der Waals surface area contributed by atoms with Crippen LogP contribution in [0.15, 0.2) is 28.7 Å². The van der Waals surface area contributed by atoms with E-state index in [-0.39, 0.29) is 11.7 Å². The van der Waals surface area contributed by atoms with E-state index in [0.29, 0.717) is 20.3 Å². The van der Waals surface area contributed by atoms with E-state index < -0.39 is 42.5 Å². The molecule has 1 atom stereocenters. The number of hydrogen-bond acceptors (Lipinski definition) is 4.